The Morgan fingerprint density at radius 3 is 2.64 bits per heavy atom. The molecule has 122 valence electrons. The van der Waals surface area contributed by atoms with E-state index in [-0.39, 0.29) is 25.6 Å². The molecule has 3 unspecified atom stereocenters. The maximum absolute atomic E-state index is 11.6. The van der Waals surface area contributed by atoms with Crippen LogP contribution in [0, 0.1) is 11.8 Å². The number of hydroxylamine groups is 2. The summed E-state index contributed by atoms with van der Waals surface area (Å²) in [4.78, 5) is 38.9. The molecule has 1 saturated carbocycles. The molecule has 1 heterocycles. The Balaban J connectivity index is 1.61. The third-order valence-electron chi connectivity index (χ3n) is 4.04. The van der Waals surface area contributed by atoms with Gasteiger partial charge in [0.25, 0.3) is 11.8 Å². The van der Waals surface area contributed by atoms with Crippen LogP contribution < -0.4 is 0 Å². The number of nitrogens with zero attached hydrogens (tertiary/aromatic N) is 1. The van der Waals surface area contributed by atoms with Gasteiger partial charge in [-0.25, -0.2) is 4.79 Å². The van der Waals surface area contributed by atoms with Gasteiger partial charge in [0.2, 0.25) is 0 Å². The van der Waals surface area contributed by atoms with Gasteiger partial charge in [-0.1, -0.05) is 25.5 Å². The minimum Gasteiger partial charge on any atom is -0.366 e. The van der Waals surface area contributed by atoms with Gasteiger partial charge in [-0.3, -0.25) is 9.59 Å². The lowest BCUT2D eigenvalue weighted by Crippen LogP contribution is -2.33. The number of allylic oxidation sites excluding steroid dienone is 1. The fraction of sp³-hybridized carbons (Fsp3) is 0.688. The first-order chi connectivity index (χ1) is 10.5. The number of hydrogen-bond acceptors (Lipinski definition) is 5. The Kier molecular flexibility index (Phi) is 5.71. The van der Waals surface area contributed by atoms with Crippen LogP contribution in [0.25, 0.3) is 0 Å². The average Bonchev–Trinajstić information content (AvgIpc) is 3.19. The monoisotopic (exact) mass is 309 g/mol. The van der Waals surface area contributed by atoms with Gasteiger partial charge in [-0.2, -0.15) is 0 Å². The van der Waals surface area contributed by atoms with Crippen molar-refractivity contribution in [2.75, 3.05) is 6.61 Å². The molecule has 1 aliphatic carbocycles. The molecule has 0 aromatic heterocycles. The normalized spacial score (nSPS) is 25.8. The lowest BCUT2D eigenvalue weighted by atomic mass is 10.2. The van der Waals surface area contributed by atoms with Gasteiger partial charge in [0.15, 0.2) is 0 Å². The number of carbonyl (C=O) groups excluding carboxylic acids is 3. The van der Waals surface area contributed by atoms with Crippen LogP contribution >= 0.6 is 0 Å². The number of ether oxygens (including phenoxy) is 1. The van der Waals surface area contributed by atoms with Crippen molar-refractivity contribution < 1.29 is 24.0 Å². The van der Waals surface area contributed by atoms with E-state index in [1.807, 2.05) is 6.92 Å². The second-order valence-electron chi connectivity index (χ2n) is 5.90. The fourth-order valence-electron chi connectivity index (χ4n) is 2.49. The first kappa shape index (κ1) is 16.7. The summed E-state index contributed by atoms with van der Waals surface area (Å²) in [7, 11) is 0. The van der Waals surface area contributed by atoms with Crippen LogP contribution in [0.15, 0.2) is 12.2 Å². The Labute approximate surface area is 130 Å². The summed E-state index contributed by atoms with van der Waals surface area (Å²) in [5, 5.41) is 0.536. The zero-order chi connectivity index (χ0) is 16.1. The second-order valence-corrected chi connectivity index (χ2v) is 5.90. The van der Waals surface area contributed by atoms with E-state index >= 15 is 0 Å². The van der Waals surface area contributed by atoms with Gasteiger partial charge in [-0.15, -0.1) is 5.06 Å². The van der Waals surface area contributed by atoms with Crippen molar-refractivity contribution in [3.05, 3.63) is 12.2 Å². The standard InChI is InChI=1S/C16H23NO5/c1-3-12-9-13(12)6-4-5-11(2)21-10-16(20)22-17-14(18)7-8-15(17)19/h4,6,11-13H,3,5,7-10H2,1-2H3/b6-4+. The van der Waals surface area contributed by atoms with E-state index in [4.69, 9.17) is 9.57 Å². The molecule has 0 aromatic carbocycles. The van der Waals surface area contributed by atoms with Crippen molar-refractivity contribution >= 4 is 17.8 Å². The summed E-state index contributed by atoms with van der Waals surface area (Å²) in [6.07, 6.45) is 7.59. The number of rotatable bonds is 8. The van der Waals surface area contributed by atoms with E-state index in [2.05, 4.69) is 19.1 Å². The number of carbonyl (C=O) groups is 3. The zero-order valence-corrected chi connectivity index (χ0v) is 13.1. The summed E-state index contributed by atoms with van der Waals surface area (Å²) in [5.41, 5.74) is 0. The maximum Gasteiger partial charge on any atom is 0.358 e. The molecule has 0 aromatic rings. The molecule has 2 amide bonds. The van der Waals surface area contributed by atoms with Crippen LogP contribution in [-0.4, -0.2) is 35.6 Å². The average molecular weight is 309 g/mol. The lowest BCUT2D eigenvalue weighted by molar-refractivity contribution is -0.201. The Bertz CT molecular complexity index is 457. The van der Waals surface area contributed by atoms with Gasteiger partial charge in [0.1, 0.15) is 6.61 Å². The first-order valence-electron chi connectivity index (χ1n) is 7.86. The first-order valence-corrected chi connectivity index (χ1v) is 7.86. The largest absolute Gasteiger partial charge is 0.366 e. The topological polar surface area (TPSA) is 72.9 Å². The highest BCUT2D eigenvalue weighted by Gasteiger charge is 2.33. The summed E-state index contributed by atoms with van der Waals surface area (Å²) >= 11 is 0. The molecule has 0 N–H and O–H groups in total. The molecule has 6 nitrogen and oxygen atoms in total. The molecule has 2 aliphatic rings. The van der Waals surface area contributed by atoms with E-state index in [0.29, 0.717) is 11.0 Å². The van der Waals surface area contributed by atoms with Crippen molar-refractivity contribution in [3.8, 4) is 0 Å². The lowest BCUT2D eigenvalue weighted by Gasteiger charge is -2.14. The second kappa shape index (κ2) is 7.54. The van der Waals surface area contributed by atoms with Crippen molar-refractivity contribution in [1.29, 1.82) is 0 Å². The molecule has 1 saturated heterocycles. The van der Waals surface area contributed by atoms with E-state index in [1.54, 1.807) is 0 Å². The molecular weight excluding hydrogens is 286 g/mol. The van der Waals surface area contributed by atoms with Gasteiger partial charge >= 0.3 is 5.97 Å². The van der Waals surface area contributed by atoms with E-state index in [1.165, 1.54) is 12.8 Å². The predicted octanol–water partition coefficient (Wildman–Crippen LogP) is 1.99. The maximum atomic E-state index is 11.6. The molecule has 22 heavy (non-hydrogen) atoms. The molecule has 2 rings (SSSR count). The van der Waals surface area contributed by atoms with Crippen LogP contribution in [0.3, 0.4) is 0 Å². The minimum absolute atomic E-state index is 0.0914. The summed E-state index contributed by atoms with van der Waals surface area (Å²) in [5.74, 6) is -0.159. The van der Waals surface area contributed by atoms with Crippen LogP contribution in [0.1, 0.15) is 46.0 Å². The van der Waals surface area contributed by atoms with Crippen LogP contribution in [0.5, 0.6) is 0 Å². The molecule has 6 heteroatoms. The molecule has 0 spiro atoms. The van der Waals surface area contributed by atoms with Crippen molar-refractivity contribution in [2.45, 2.75) is 52.1 Å². The highest BCUT2D eigenvalue weighted by Crippen LogP contribution is 2.41. The third kappa shape index (κ3) is 4.66. The van der Waals surface area contributed by atoms with Crippen LogP contribution in [0.4, 0.5) is 0 Å². The number of amides is 2. The Morgan fingerprint density at radius 1 is 1.36 bits per heavy atom. The SMILES string of the molecule is CCC1CC1/C=C/CC(C)OCC(=O)ON1C(=O)CCC1=O. The molecule has 3 atom stereocenters. The molecule has 2 fully saturated rings. The third-order valence-corrected chi connectivity index (χ3v) is 4.04. The van der Waals surface area contributed by atoms with Crippen molar-refractivity contribution in [3.63, 3.8) is 0 Å². The van der Waals surface area contributed by atoms with Gasteiger partial charge in [0.05, 0.1) is 6.10 Å². The zero-order valence-electron chi connectivity index (χ0n) is 13.1. The van der Waals surface area contributed by atoms with Crippen LogP contribution in [-0.2, 0) is 24.0 Å². The Hall–Kier alpha value is -1.69. The highest BCUT2D eigenvalue weighted by molar-refractivity contribution is 6.01. The molecule has 0 radical (unpaired) electrons. The quantitative estimate of drug-likeness (QED) is 0.506. The molecule has 1 aliphatic heterocycles. The van der Waals surface area contributed by atoms with Crippen LogP contribution in [0.2, 0.25) is 0 Å². The van der Waals surface area contributed by atoms with Crippen molar-refractivity contribution in [1.82, 2.24) is 5.06 Å². The predicted molar refractivity (Wildman–Crippen MR) is 78.2 cm³/mol. The minimum atomic E-state index is -0.729. The van der Waals surface area contributed by atoms with E-state index in [0.717, 1.165) is 12.3 Å². The smallest absolute Gasteiger partial charge is 0.358 e. The van der Waals surface area contributed by atoms with Crippen molar-refractivity contribution in [2.24, 2.45) is 11.8 Å². The molecule has 0 bridgehead atoms. The highest BCUT2D eigenvalue weighted by atomic mass is 16.7. The van der Waals surface area contributed by atoms with Gasteiger partial charge in [-0.05, 0) is 31.6 Å². The number of imide groups is 1. The number of hydrogen-bond donors (Lipinski definition) is 0. The van der Waals surface area contributed by atoms with E-state index < -0.39 is 17.8 Å². The molecular formula is C16H23NO5. The van der Waals surface area contributed by atoms with E-state index in [9.17, 15) is 14.4 Å². The summed E-state index contributed by atoms with van der Waals surface area (Å²) in [6.45, 7) is 3.80. The fourth-order valence-corrected chi connectivity index (χ4v) is 2.49. The Morgan fingerprint density at radius 2 is 2.05 bits per heavy atom. The van der Waals surface area contributed by atoms with Gasteiger partial charge < -0.3 is 9.57 Å². The van der Waals surface area contributed by atoms with Gasteiger partial charge in [0, 0.05) is 12.8 Å². The summed E-state index contributed by atoms with van der Waals surface area (Å²) in [6, 6.07) is 0. The summed E-state index contributed by atoms with van der Waals surface area (Å²) < 4.78 is 5.36.